The Morgan fingerprint density at radius 1 is 1.27 bits per heavy atom. The SMILES string of the molecule is CC(C)CC(=O)N1CC2(CC(OCC3CCCC3)CCO2)C1. The van der Waals surface area contributed by atoms with Gasteiger partial charge in [0, 0.05) is 26.1 Å². The molecule has 1 atom stereocenters. The Labute approximate surface area is 134 Å². The fraction of sp³-hybridized carbons (Fsp3) is 0.944. The van der Waals surface area contributed by atoms with Crippen LogP contribution in [0, 0.1) is 11.8 Å². The molecule has 0 aromatic carbocycles. The van der Waals surface area contributed by atoms with Crippen LogP contribution < -0.4 is 0 Å². The maximum Gasteiger partial charge on any atom is 0.223 e. The highest BCUT2D eigenvalue weighted by Gasteiger charge is 2.49. The third-order valence-corrected chi connectivity index (χ3v) is 5.38. The summed E-state index contributed by atoms with van der Waals surface area (Å²) >= 11 is 0. The molecule has 4 heteroatoms. The summed E-state index contributed by atoms with van der Waals surface area (Å²) in [7, 11) is 0. The zero-order chi connectivity index (χ0) is 15.6. The molecule has 3 rings (SSSR count). The first-order valence-corrected chi connectivity index (χ1v) is 9.10. The van der Waals surface area contributed by atoms with Crippen LogP contribution in [0.3, 0.4) is 0 Å². The molecule has 0 radical (unpaired) electrons. The lowest BCUT2D eigenvalue weighted by molar-refractivity contribution is -0.202. The molecule has 0 bridgehead atoms. The van der Waals surface area contributed by atoms with Gasteiger partial charge >= 0.3 is 0 Å². The number of hydrogen-bond donors (Lipinski definition) is 0. The molecule has 126 valence electrons. The average Bonchev–Trinajstić information content (AvgIpc) is 2.95. The van der Waals surface area contributed by atoms with E-state index in [1.165, 1.54) is 25.7 Å². The Balaban J connectivity index is 1.42. The largest absolute Gasteiger partial charge is 0.378 e. The summed E-state index contributed by atoms with van der Waals surface area (Å²) in [5.41, 5.74) is -0.106. The van der Waals surface area contributed by atoms with E-state index < -0.39 is 0 Å². The molecule has 1 spiro atoms. The molecule has 0 aromatic rings. The van der Waals surface area contributed by atoms with E-state index in [4.69, 9.17) is 9.47 Å². The highest BCUT2D eigenvalue weighted by Crippen LogP contribution is 2.36. The quantitative estimate of drug-likeness (QED) is 0.783. The lowest BCUT2D eigenvalue weighted by atomic mass is 9.84. The Morgan fingerprint density at radius 3 is 2.68 bits per heavy atom. The van der Waals surface area contributed by atoms with Crippen molar-refractivity contribution in [1.82, 2.24) is 4.90 Å². The third-order valence-electron chi connectivity index (χ3n) is 5.38. The molecule has 1 amide bonds. The number of hydrogen-bond acceptors (Lipinski definition) is 3. The fourth-order valence-electron chi connectivity index (χ4n) is 4.10. The molecule has 1 aliphatic carbocycles. The molecule has 22 heavy (non-hydrogen) atoms. The Morgan fingerprint density at radius 2 is 2.00 bits per heavy atom. The number of rotatable bonds is 5. The van der Waals surface area contributed by atoms with Crippen molar-refractivity contribution in [3.8, 4) is 0 Å². The molecule has 2 aliphatic heterocycles. The van der Waals surface area contributed by atoms with Gasteiger partial charge in [0.05, 0.1) is 19.2 Å². The van der Waals surface area contributed by atoms with Gasteiger partial charge in [-0.1, -0.05) is 26.7 Å². The Hall–Kier alpha value is -0.610. The van der Waals surface area contributed by atoms with E-state index in [9.17, 15) is 4.79 Å². The van der Waals surface area contributed by atoms with Crippen molar-refractivity contribution in [3.05, 3.63) is 0 Å². The second-order valence-corrected chi connectivity index (χ2v) is 7.98. The maximum atomic E-state index is 12.1. The number of likely N-dealkylation sites (tertiary alicyclic amines) is 1. The second kappa shape index (κ2) is 6.88. The minimum absolute atomic E-state index is 0.106. The predicted octanol–water partition coefficient (Wildman–Crippen LogP) is 3.00. The zero-order valence-corrected chi connectivity index (χ0v) is 14.2. The minimum Gasteiger partial charge on any atom is -0.378 e. The molecular formula is C18H31NO3. The van der Waals surface area contributed by atoms with Gasteiger partial charge in [-0.2, -0.15) is 0 Å². The van der Waals surface area contributed by atoms with E-state index in [1.54, 1.807) is 0 Å². The van der Waals surface area contributed by atoms with Gasteiger partial charge in [-0.15, -0.1) is 0 Å². The average molecular weight is 309 g/mol. The first kappa shape index (κ1) is 16.3. The van der Waals surface area contributed by atoms with E-state index in [2.05, 4.69) is 13.8 Å². The van der Waals surface area contributed by atoms with E-state index >= 15 is 0 Å². The normalized spacial score (nSPS) is 28.3. The standard InChI is InChI=1S/C18H31NO3/c1-14(2)9-17(20)19-12-18(13-19)10-16(7-8-22-18)21-11-15-5-3-4-6-15/h14-16H,3-13H2,1-2H3. The molecule has 1 unspecified atom stereocenters. The van der Waals surface area contributed by atoms with Gasteiger partial charge in [0.15, 0.2) is 0 Å². The summed E-state index contributed by atoms with van der Waals surface area (Å²) in [5, 5.41) is 0. The fourth-order valence-corrected chi connectivity index (χ4v) is 4.10. The Bertz CT molecular complexity index is 384. The molecule has 0 N–H and O–H groups in total. The predicted molar refractivity (Wildman–Crippen MR) is 85.7 cm³/mol. The van der Waals surface area contributed by atoms with Gasteiger partial charge in [-0.3, -0.25) is 4.79 Å². The van der Waals surface area contributed by atoms with Crippen LogP contribution in [0.4, 0.5) is 0 Å². The molecule has 2 heterocycles. The van der Waals surface area contributed by atoms with Crippen molar-refractivity contribution in [2.24, 2.45) is 11.8 Å². The van der Waals surface area contributed by atoms with Crippen molar-refractivity contribution >= 4 is 5.91 Å². The number of amides is 1. The highest BCUT2D eigenvalue weighted by molar-refractivity contribution is 5.77. The highest BCUT2D eigenvalue weighted by atomic mass is 16.5. The molecule has 0 aromatic heterocycles. The third kappa shape index (κ3) is 3.83. The summed E-state index contributed by atoms with van der Waals surface area (Å²) < 4.78 is 12.2. The molecule has 3 aliphatic rings. The van der Waals surface area contributed by atoms with E-state index in [0.29, 0.717) is 18.4 Å². The van der Waals surface area contributed by atoms with Gasteiger partial charge in [-0.05, 0) is 31.1 Å². The number of carbonyl (C=O) groups is 1. The van der Waals surface area contributed by atoms with Crippen molar-refractivity contribution in [1.29, 1.82) is 0 Å². The van der Waals surface area contributed by atoms with Crippen LogP contribution >= 0.6 is 0 Å². The summed E-state index contributed by atoms with van der Waals surface area (Å²) in [5.74, 6) is 1.49. The number of ether oxygens (including phenoxy) is 2. The monoisotopic (exact) mass is 309 g/mol. The van der Waals surface area contributed by atoms with Gasteiger partial charge in [-0.25, -0.2) is 0 Å². The zero-order valence-electron chi connectivity index (χ0n) is 14.2. The second-order valence-electron chi connectivity index (χ2n) is 7.98. The van der Waals surface area contributed by atoms with Crippen LogP contribution in [0.2, 0.25) is 0 Å². The van der Waals surface area contributed by atoms with Crippen molar-refractivity contribution < 1.29 is 14.3 Å². The van der Waals surface area contributed by atoms with E-state index in [1.807, 2.05) is 4.90 Å². The topological polar surface area (TPSA) is 38.8 Å². The molecular weight excluding hydrogens is 278 g/mol. The summed E-state index contributed by atoms with van der Waals surface area (Å²) in [6, 6.07) is 0. The van der Waals surface area contributed by atoms with Gasteiger partial charge in [0.2, 0.25) is 5.91 Å². The minimum atomic E-state index is -0.106. The van der Waals surface area contributed by atoms with Crippen LogP contribution in [-0.2, 0) is 14.3 Å². The lowest BCUT2D eigenvalue weighted by Crippen LogP contribution is -2.67. The number of nitrogens with zero attached hydrogens (tertiary/aromatic N) is 1. The molecule has 3 fully saturated rings. The van der Waals surface area contributed by atoms with Crippen LogP contribution in [-0.4, -0.2) is 48.8 Å². The maximum absolute atomic E-state index is 12.1. The number of carbonyl (C=O) groups excluding carboxylic acids is 1. The van der Waals surface area contributed by atoms with Crippen molar-refractivity contribution in [2.45, 2.75) is 70.5 Å². The Kier molecular flexibility index (Phi) is 5.08. The van der Waals surface area contributed by atoms with Crippen molar-refractivity contribution in [3.63, 3.8) is 0 Å². The first-order chi connectivity index (χ1) is 10.6. The molecule has 4 nitrogen and oxygen atoms in total. The van der Waals surface area contributed by atoms with E-state index in [-0.39, 0.29) is 11.5 Å². The van der Waals surface area contributed by atoms with Crippen LogP contribution in [0.1, 0.15) is 58.8 Å². The summed E-state index contributed by atoms with van der Waals surface area (Å²) in [6.07, 6.45) is 8.38. The van der Waals surface area contributed by atoms with E-state index in [0.717, 1.165) is 45.1 Å². The van der Waals surface area contributed by atoms with Gasteiger partial charge < -0.3 is 14.4 Å². The lowest BCUT2D eigenvalue weighted by Gasteiger charge is -2.53. The smallest absolute Gasteiger partial charge is 0.223 e. The van der Waals surface area contributed by atoms with Gasteiger partial charge in [0.1, 0.15) is 5.60 Å². The first-order valence-electron chi connectivity index (χ1n) is 9.10. The van der Waals surface area contributed by atoms with Crippen molar-refractivity contribution in [2.75, 3.05) is 26.3 Å². The summed E-state index contributed by atoms with van der Waals surface area (Å²) in [4.78, 5) is 14.0. The molecule has 2 saturated heterocycles. The summed E-state index contributed by atoms with van der Waals surface area (Å²) in [6.45, 7) is 7.43. The van der Waals surface area contributed by atoms with Crippen LogP contribution in [0.5, 0.6) is 0 Å². The van der Waals surface area contributed by atoms with Crippen LogP contribution in [0.15, 0.2) is 0 Å². The molecule has 1 saturated carbocycles. The van der Waals surface area contributed by atoms with Crippen LogP contribution in [0.25, 0.3) is 0 Å². The van der Waals surface area contributed by atoms with Gasteiger partial charge in [0.25, 0.3) is 0 Å².